The summed E-state index contributed by atoms with van der Waals surface area (Å²) in [7, 11) is 0. The van der Waals surface area contributed by atoms with Gasteiger partial charge < -0.3 is 0 Å². The summed E-state index contributed by atoms with van der Waals surface area (Å²) in [5.74, 6) is -1.32. The van der Waals surface area contributed by atoms with E-state index in [1.165, 1.54) is 12.1 Å². The van der Waals surface area contributed by atoms with E-state index < -0.39 is 17.2 Å². The molecule has 1 aromatic rings. The van der Waals surface area contributed by atoms with Gasteiger partial charge in [0.15, 0.2) is 0 Å². The topological polar surface area (TPSA) is 54.5 Å². The largest absolute Gasteiger partial charge is 0.330 e. The second kappa shape index (κ2) is 2.92. The van der Waals surface area contributed by atoms with Crippen molar-refractivity contribution in [1.82, 2.24) is 4.90 Å². The maximum atomic E-state index is 11.4. The van der Waals surface area contributed by atoms with Crippen molar-refractivity contribution in [2.45, 2.75) is 0 Å². The third kappa shape index (κ3) is 1.04. The van der Waals surface area contributed by atoms with Crippen LogP contribution in [-0.4, -0.2) is 22.1 Å². The van der Waals surface area contributed by atoms with Gasteiger partial charge in [0.25, 0.3) is 11.8 Å². The zero-order valence-electron chi connectivity index (χ0n) is 6.86. The van der Waals surface area contributed by atoms with Gasteiger partial charge in [0.2, 0.25) is 0 Å². The van der Waals surface area contributed by atoms with Gasteiger partial charge in [-0.25, -0.2) is 0 Å². The molecule has 2 rings (SSSR count). The highest BCUT2D eigenvalue weighted by Gasteiger charge is 2.38. The summed E-state index contributed by atoms with van der Waals surface area (Å²) < 4.78 is 0. The van der Waals surface area contributed by atoms with E-state index in [2.05, 4.69) is 0 Å². The van der Waals surface area contributed by atoms with Crippen molar-refractivity contribution in [3.63, 3.8) is 0 Å². The maximum absolute atomic E-state index is 11.4. The normalized spacial score (nSPS) is 14.5. The highest BCUT2D eigenvalue weighted by molar-refractivity contribution is 6.66. The van der Waals surface area contributed by atoms with Gasteiger partial charge in [-0.3, -0.25) is 14.4 Å². The number of benzene rings is 1. The summed E-state index contributed by atoms with van der Waals surface area (Å²) in [4.78, 5) is 34.1. The summed E-state index contributed by atoms with van der Waals surface area (Å²) in [5.41, 5.74) is 0.429. The van der Waals surface area contributed by atoms with Crippen molar-refractivity contribution in [2.75, 3.05) is 0 Å². The lowest BCUT2D eigenvalue weighted by atomic mass is 10.1. The fraction of sp³-hybridized carbons (Fsp3) is 0. The standard InChI is InChI=1S/C9H4ClNO3/c10-9(14)11-7(12)5-3-1-2-4-6(5)8(11)13/h1-4H. The van der Waals surface area contributed by atoms with Crippen molar-refractivity contribution < 1.29 is 14.4 Å². The van der Waals surface area contributed by atoms with Gasteiger partial charge in [-0.2, -0.15) is 4.90 Å². The molecule has 0 radical (unpaired) electrons. The molecular weight excluding hydrogens is 206 g/mol. The number of rotatable bonds is 0. The third-order valence-electron chi connectivity index (χ3n) is 1.97. The van der Waals surface area contributed by atoms with E-state index in [1.807, 2.05) is 0 Å². The molecule has 0 saturated heterocycles. The highest BCUT2D eigenvalue weighted by Crippen LogP contribution is 2.23. The molecule has 70 valence electrons. The van der Waals surface area contributed by atoms with Crippen LogP contribution in [0, 0.1) is 0 Å². The predicted molar refractivity (Wildman–Crippen MR) is 48.2 cm³/mol. The first kappa shape index (κ1) is 8.90. The van der Waals surface area contributed by atoms with E-state index in [-0.39, 0.29) is 11.1 Å². The molecule has 5 heteroatoms. The van der Waals surface area contributed by atoms with Gasteiger partial charge >= 0.3 is 5.37 Å². The Labute approximate surface area is 84.1 Å². The van der Waals surface area contributed by atoms with E-state index in [0.29, 0.717) is 4.90 Å². The zero-order valence-corrected chi connectivity index (χ0v) is 7.62. The number of imide groups is 3. The molecular formula is C9H4ClNO3. The lowest BCUT2D eigenvalue weighted by molar-refractivity contribution is 0.0721. The van der Waals surface area contributed by atoms with Crippen LogP contribution in [0.1, 0.15) is 20.7 Å². The number of hydrogen-bond donors (Lipinski definition) is 0. The predicted octanol–water partition coefficient (Wildman–Crippen LogP) is 1.64. The van der Waals surface area contributed by atoms with Crippen molar-refractivity contribution in [3.05, 3.63) is 35.4 Å². The minimum atomic E-state index is -1.07. The molecule has 1 aliphatic rings. The van der Waals surface area contributed by atoms with E-state index in [1.54, 1.807) is 12.1 Å². The summed E-state index contributed by atoms with van der Waals surface area (Å²) >= 11 is 5.11. The van der Waals surface area contributed by atoms with E-state index in [0.717, 1.165) is 0 Å². The fourth-order valence-electron chi connectivity index (χ4n) is 1.35. The van der Waals surface area contributed by atoms with Crippen LogP contribution in [0.2, 0.25) is 0 Å². The number of fused-ring (bicyclic) bond motifs is 1. The Morgan fingerprint density at radius 2 is 1.50 bits per heavy atom. The summed E-state index contributed by atoms with van der Waals surface area (Å²) in [5, 5.41) is -1.07. The molecule has 0 N–H and O–H groups in total. The monoisotopic (exact) mass is 209 g/mol. The minimum absolute atomic E-state index is 0.214. The first-order chi connectivity index (χ1) is 6.63. The first-order valence-electron chi connectivity index (χ1n) is 3.80. The highest BCUT2D eigenvalue weighted by atomic mass is 35.5. The SMILES string of the molecule is O=C(Cl)N1C(=O)c2ccccc2C1=O. The first-order valence-corrected chi connectivity index (χ1v) is 4.18. The molecule has 14 heavy (non-hydrogen) atoms. The lowest BCUT2D eigenvalue weighted by Gasteiger charge is -2.04. The number of carbonyl (C=O) groups is 3. The molecule has 0 unspecified atom stereocenters. The molecule has 0 aromatic heterocycles. The van der Waals surface area contributed by atoms with Crippen LogP contribution in [0.25, 0.3) is 0 Å². The number of nitrogens with zero attached hydrogens (tertiary/aromatic N) is 1. The molecule has 0 saturated carbocycles. The molecule has 1 aromatic carbocycles. The van der Waals surface area contributed by atoms with Gasteiger partial charge in [0, 0.05) is 0 Å². The molecule has 0 fully saturated rings. The number of halogens is 1. The van der Waals surface area contributed by atoms with E-state index in [9.17, 15) is 14.4 Å². The van der Waals surface area contributed by atoms with Crippen LogP contribution in [0.15, 0.2) is 24.3 Å². The molecule has 0 spiro atoms. The van der Waals surface area contributed by atoms with Gasteiger partial charge in [0.05, 0.1) is 11.1 Å². The van der Waals surface area contributed by atoms with Crippen LogP contribution in [-0.2, 0) is 0 Å². The number of hydrogen-bond acceptors (Lipinski definition) is 3. The van der Waals surface area contributed by atoms with Crippen molar-refractivity contribution in [2.24, 2.45) is 0 Å². The van der Waals surface area contributed by atoms with E-state index in [4.69, 9.17) is 11.6 Å². The average molecular weight is 210 g/mol. The zero-order chi connectivity index (χ0) is 10.3. The Kier molecular flexibility index (Phi) is 1.86. The van der Waals surface area contributed by atoms with E-state index >= 15 is 0 Å². The van der Waals surface area contributed by atoms with Crippen LogP contribution in [0.5, 0.6) is 0 Å². The van der Waals surface area contributed by atoms with Crippen LogP contribution < -0.4 is 0 Å². The second-order valence-corrected chi connectivity index (χ2v) is 3.07. The molecule has 0 atom stereocenters. The van der Waals surface area contributed by atoms with Crippen LogP contribution >= 0.6 is 11.6 Å². The Hall–Kier alpha value is -1.68. The number of carbonyl (C=O) groups excluding carboxylic acids is 3. The third-order valence-corrected chi connectivity index (χ3v) is 2.14. The molecule has 0 bridgehead atoms. The Bertz CT molecular complexity index is 420. The van der Waals surface area contributed by atoms with Crippen molar-refractivity contribution >= 4 is 28.8 Å². The summed E-state index contributed by atoms with van der Waals surface area (Å²) in [6.07, 6.45) is 0. The minimum Gasteiger partial charge on any atom is -0.268 e. The smallest absolute Gasteiger partial charge is 0.268 e. The maximum Gasteiger partial charge on any atom is 0.330 e. The average Bonchev–Trinajstić information content (AvgIpc) is 2.41. The molecule has 3 amide bonds. The van der Waals surface area contributed by atoms with Gasteiger partial charge in [-0.05, 0) is 23.7 Å². The quantitative estimate of drug-likeness (QED) is 0.371. The number of amides is 3. The molecule has 0 aliphatic carbocycles. The van der Waals surface area contributed by atoms with Gasteiger partial charge in [-0.15, -0.1) is 0 Å². The van der Waals surface area contributed by atoms with Crippen LogP contribution in [0.3, 0.4) is 0 Å². The van der Waals surface area contributed by atoms with Crippen molar-refractivity contribution in [3.8, 4) is 0 Å². The molecule has 4 nitrogen and oxygen atoms in total. The molecule has 1 aliphatic heterocycles. The second-order valence-electron chi connectivity index (χ2n) is 2.74. The van der Waals surface area contributed by atoms with Gasteiger partial charge in [0.1, 0.15) is 0 Å². The molecule has 1 heterocycles. The lowest BCUT2D eigenvalue weighted by Crippen LogP contribution is -2.31. The Morgan fingerprint density at radius 1 is 1.07 bits per heavy atom. The van der Waals surface area contributed by atoms with Crippen LogP contribution in [0.4, 0.5) is 4.79 Å². The summed E-state index contributed by atoms with van der Waals surface area (Å²) in [6.45, 7) is 0. The van der Waals surface area contributed by atoms with Gasteiger partial charge in [-0.1, -0.05) is 12.1 Å². The Morgan fingerprint density at radius 3 is 1.86 bits per heavy atom. The Balaban J connectivity index is 2.59. The van der Waals surface area contributed by atoms with Crippen molar-refractivity contribution in [1.29, 1.82) is 0 Å². The summed E-state index contributed by atoms with van der Waals surface area (Å²) in [6, 6.07) is 6.20. The fourth-order valence-corrected chi connectivity index (χ4v) is 1.50.